The number of carbonyl (C=O) groups excluding carboxylic acids is 3. The fourth-order valence-corrected chi connectivity index (χ4v) is 58.7. The van der Waals surface area contributed by atoms with Crippen LogP contribution in [0.4, 0.5) is 0 Å². The lowest BCUT2D eigenvalue weighted by molar-refractivity contribution is -0.154. The molecule has 24 saturated heterocycles. The van der Waals surface area contributed by atoms with Crippen molar-refractivity contribution >= 4 is 230 Å². The number of carbonyl (C=O) groups is 3. The lowest BCUT2D eigenvalue weighted by Crippen LogP contribution is -2.49. The van der Waals surface area contributed by atoms with E-state index in [-0.39, 0.29) is 22.2 Å². The number of methoxy groups -OCH3 is 1. The van der Waals surface area contributed by atoms with Gasteiger partial charge in [-0.15, -0.1) is 218 Å². The number of aliphatic hydroxyl groups is 2. The molecule has 0 aliphatic carbocycles. The van der Waals surface area contributed by atoms with Gasteiger partial charge in [-0.25, -0.2) is 0 Å². The molecule has 24 aliphatic rings. The van der Waals surface area contributed by atoms with Gasteiger partial charge in [0.05, 0.1) is 95.0 Å². The molecule has 24 heterocycles. The Hall–Kier alpha value is 4.59. The van der Waals surface area contributed by atoms with Crippen molar-refractivity contribution in [3.05, 3.63) is 0 Å². The number of hydrogen-bond donors (Lipinski definition) is 2. The van der Waals surface area contributed by atoms with E-state index < -0.39 is 0 Å². The van der Waals surface area contributed by atoms with Crippen molar-refractivity contribution in [1.29, 1.82) is 0 Å². The van der Waals surface area contributed by atoms with Crippen molar-refractivity contribution in [2.45, 2.75) is 198 Å². The highest BCUT2D eigenvalue weighted by Crippen LogP contribution is 2.71. The van der Waals surface area contributed by atoms with Crippen molar-refractivity contribution in [1.82, 2.24) is 0 Å². The first-order valence-corrected chi connectivity index (χ1v) is 43.2. The molecule has 6 nitrogen and oxygen atoms in total. The number of aliphatic hydroxyl groups excluding tert-OH is 2. The van der Waals surface area contributed by atoms with Crippen LogP contribution in [0.15, 0.2) is 0 Å². The first-order valence-electron chi connectivity index (χ1n) is 26.2. The van der Waals surface area contributed by atoms with Gasteiger partial charge in [0.1, 0.15) is 12.6 Å². The Balaban J connectivity index is 0.0000000857. The van der Waals surface area contributed by atoms with Gasteiger partial charge in [-0.3, -0.25) is 4.79 Å². The first-order chi connectivity index (χ1) is 35.7. The molecular formula is C50H66O6S18. The third-order valence-corrected chi connectivity index (χ3v) is 46.9. The number of rotatable bonds is 5. The fraction of sp³-hybridized carbons (Fsp3) is 0.900. The maximum Gasteiger partial charge on any atom is 0.312 e. The molecule has 0 unspecified atom stereocenters. The summed E-state index contributed by atoms with van der Waals surface area (Å²) in [6.07, 6.45) is 29.4. The summed E-state index contributed by atoms with van der Waals surface area (Å²) in [4.78, 5) is 33.9. The number of ether oxygens (including phenoxy) is 1. The molecule has 0 radical (unpaired) electrons. The van der Waals surface area contributed by atoms with Crippen LogP contribution in [0.5, 0.6) is 0 Å². The smallest absolute Gasteiger partial charge is 0.312 e. The zero-order chi connectivity index (χ0) is 50.7. The second-order valence-corrected chi connectivity index (χ2v) is 54.1. The molecule has 0 spiro atoms. The summed E-state index contributed by atoms with van der Waals surface area (Å²) in [6, 6.07) is 0. The van der Waals surface area contributed by atoms with Gasteiger partial charge in [-0.1, -0.05) is 5.92 Å². The topological polar surface area (TPSA) is 101 Å². The Kier molecular flexibility index (Phi) is 18.2. The molecule has 0 aromatic heterocycles. The standard InChI is InChI=1S/C9H12O2S3.C9H10S3.2C8H12OS3.2C8H10OS3/c1-11-8(10)9-2-5-12-6(3-9)14-7(4-9)13-5;1-2-9-3-6-10-7(4-9)12-8(5-9)11-6;4*9-4-8-1-5-10-6(2-8)12-7(3-8)11-5/h5-7H,2-4H2,1H3;1,6-8H,3-5H2;2*5-7,9H,1-4H2;2*4-7H,1-3H2. The fourth-order valence-electron chi connectivity index (χ4n) is 14.2. The molecule has 74 heavy (non-hydrogen) atoms. The number of thioether (sulfide) groups is 18. The molecule has 410 valence electrons. The monoisotopic (exact) mass is 1340 g/mol. The van der Waals surface area contributed by atoms with Crippen LogP contribution in [0, 0.1) is 44.8 Å². The SMILES string of the molecule is C#CC12CC3SC(C1)SC(C2)S3.COC(=O)C12CC3SC(C1)SC(C2)S3.O=CC12CC3SC(C1)SC(C2)S3.O=CC12CC3SC(C1)SC(C2)S3.OCC12CC3SC(C1)SC(C2)S3.OCC12CC3SC(C1)SC(C2)S3. The van der Waals surface area contributed by atoms with Gasteiger partial charge in [0.2, 0.25) is 0 Å². The largest absolute Gasteiger partial charge is 0.469 e. The highest BCUT2D eigenvalue weighted by Gasteiger charge is 2.59. The van der Waals surface area contributed by atoms with E-state index in [4.69, 9.17) is 11.2 Å². The lowest BCUT2D eigenvalue weighted by atomic mass is 9.78. The highest BCUT2D eigenvalue weighted by atomic mass is 32.3. The molecule has 0 aromatic carbocycles. The lowest BCUT2D eigenvalue weighted by Gasteiger charge is -2.54. The zero-order valence-corrected chi connectivity index (χ0v) is 55.8. The van der Waals surface area contributed by atoms with E-state index in [0.717, 1.165) is 127 Å². The summed E-state index contributed by atoms with van der Waals surface area (Å²) in [7, 11) is 1.52. The summed E-state index contributed by atoms with van der Waals surface area (Å²) in [5, 5.41) is 18.8. The molecule has 24 heteroatoms. The average molecular weight is 1340 g/mol. The Morgan fingerprint density at radius 2 is 0.608 bits per heavy atom. The molecule has 24 fully saturated rings. The molecule has 0 atom stereocenters. The van der Waals surface area contributed by atoms with Crippen LogP contribution in [0.1, 0.15) is 116 Å². The van der Waals surface area contributed by atoms with Crippen LogP contribution in [0.2, 0.25) is 0 Å². The Labute approximate surface area is 516 Å². The van der Waals surface area contributed by atoms with Crippen LogP contribution < -0.4 is 0 Å². The summed E-state index contributed by atoms with van der Waals surface area (Å²) in [5.74, 6) is 3.11. The van der Waals surface area contributed by atoms with Gasteiger partial charge < -0.3 is 24.5 Å². The van der Waals surface area contributed by atoms with Crippen LogP contribution in [-0.4, -0.2) is 132 Å². The van der Waals surface area contributed by atoms with Crippen molar-refractivity contribution in [2.75, 3.05) is 20.3 Å². The molecule has 24 bridgehead atoms. The number of hydrogen-bond acceptors (Lipinski definition) is 24. The minimum atomic E-state index is -0.115. The van der Waals surface area contributed by atoms with Crippen molar-refractivity contribution in [3.63, 3.8) is 0 Å². The van der Waals surface area contributed by atoms with Gasteiger partial charge in [0.25, 0.3) is 0 Å². The van der Waals surface area contributed by atoms with Gasteiger partial charge >= 0.3 is 5.97 Å². The predicted molar refractivity (Wildman–Crippen MR) is 350 cm³/mol. The molecule has 24 rings (SSSR count). The van der Waals surface area contributed by atoms with Gasteiger partial charge in [0, 0.05) is 29.5 Å². The van der Waals surface area contributed by atoms with Crippen molar-refractivity contribution in [2.24, 2.45) is 32.5 Å². The minimum Gasteiger partial charge on any atom is -0.469 e. The van der Waals surface area contributed by atoms with Gasteiger partial charge in [0.15, 0.2) is 0 Å². The number of esters is 1. The third-order valence-electron chi connectivity index (χ3n) is 17.9. The van der Waals surface area contributed by atoms with E-state index in [1.165, 1.54) is 77.5 Å². The minimum absolute atomic E-state index is 0.0402. The summed E-state index contributed by atoms with van der Waals surface area (Å²) >= 11 is 38.0. The molecule has 2 N–H and O–H groups in total. The highest BCUT2D eigenvalue weighted by molar-refractivity contribution is 8.36. The number of aldehydes is 2. The normalized spacial score (nSPS) is 54.7. The Morgan fingerprint density at radius 3 is 0.797 bits per heavy atom. The second-order valence-electron chi connectivity index (χ2n) is 23.3. The molecule has 24 aliphatic heterocycles. The predicted octanol–water partition coefficient (Wildman–Crippen LogP) is 15.4. The first kappa shape index (κ1) is 57.7. The zero-order valence-electron chi connectivity index (χ0n) is 41.1. The summed E-state index contributed by atoms with van der Waals surface area (Å²) in [6.45, 7) is 0.857. The van der Waals surface area contributed by atoms with E-state index in [1.807, 2.05) is 0 Å². The second kappa shape index (κ2) is 23.4. The van der Waals surface area contributed by atoms with E-state index in [0.29, 0.717) is 43.2 Å². The maximum absolute atomic E-state index is 11.8. The Morgan fingerprint density at radius 1 is 0.405 bits per heavy atom. The van der Waals surface area contributed by atoms with Crippen LogP contribution in [0.25, 0.3) is 0 Å². The quantitative estimate of drug-likeness (QED) is 0.155. The Bertz CT molecular complexity index is 1860. The van der Waals surface area contributed by atoms with E-state index in [2.05, 4.69) is 218 Å². The summed E-state index contributed by atoms with van der Waals surface area (Å²) < 4.78 is 18.6. The molecule has 0 saturated carbocycles. The van der Waals surface area contributed by atoms with Crippen LogP contribution >= 0.6 is 212 Å². The summed E-state index contributed by atoms with van der Waals surface area (Å²) in [5.41, 5.74) is 1.06. The average Bonchev–Trinajstić information content (AvgIpc) is 3.35. The molecular weight excluding hydrogens is 1270 g/mol. The van der Waals surface area contributed by atoms with Crippen molar-refractivity contribution < 1.29 is 29.3 Å². The third kappa shape index (κ3) is 12.2. The molecule has 0 amide bonds. The van der Waals surface area contributed by atoms with E-state index >= 15 is 0 Å². The van der Waals surface area contributed by atoms with Crippen molar-refractivity contribution in [3.8, 4) is 12.3 Å². The van der Waals surface area contributed by atoms with E-state index in [9.17, 15) is 24.6 Å². The van der Waals surface area contributed by atoms with Gasteiger partial charge in [-0.05, 0) is 126 Å². The van der Waals surface area contributed by atoms with Crippen LogP contribution in [-0.2, 0) is 19.1 Å². The number of terminal acetylenes is 1. The van der Waals surface area contributed by atoms with Crippen LogP contribution in [0.3, 0.4) is 0 Å². The molecule has 0 aromatic rings. The van der Waals surface area contributed by atoms with Gasteiger partial charge in [-0.2, -0.15) is 0 Å². The maximum atomic E-state index is 11.8. The van der Waals surface area contributed by atoms with E-state index in [1.54, 1.807) is 0 Å².